The van der Waals surface area contributed by atoms with Crippen molar-refractivity contribution in [3.63, 3.8) is 0 Å². The highest BCUT2D eigenvalue weighted by atomic mass is 16.5. The summed E-state index contributed by atoms with van der Waals surface area (Å²) in [7, 11) is 0. The van der Waals surface area contributed by atoms with Crippen molar-refractivity contribution in [1.29, 1.82) is 0 Å². The van der Waals surface area contributed by atoms with Gasteiger partial charge in [0.05, 0.1) is 23.1 Å². The van der Waals surface area contributed by atoms with Crippen molar-refractivity contribution < 1.29 is 23.9 Å². The van der Waals surface area contributed by atoms with Gasteiger partial charge >= 0.3 is 5.97 Å². The van der Waals surface area contributed by atoms with Crippen molar-refractivity contribution >= 4 is 35.1 Å². The second kappa shape index (κ2) is 8.31. The molecule has 4 atom stereocenters. The second-order valence-corrected chi connectivity index (χ2v) is 8.73. The minimum atomic E-state index is -0.656. The Balaban J connectivity index is 1.18. The van der Waals surface area contributed by atoms with Gasteiger partial charge in [0, 0.05) is 5.69 Å². The van der Waals surface area contributed by atoms with E-state index in [1.807, 2.05) is 19.1 Å². The SMILES string of the molecule is CCc1ccc(NC(=O)COC(=O)c2ccc(N3C(=O)[C@@H]4[C@@H](C3=O)[C@H]3C=C[C@H]4C3)cc2)cc1. The molecule has 5 rings (SSSR count). The zero-order valence-corrected chi connectivity index (χ0v) is 18.2. The predicted octanol–water partition coefficient (Wildman–Crippen LogP) is 3.36. The number of imide groups is 1. The Bertz CT molecular complexity index is 1120. The fourth-order valence-corrected chi connectivity index (χ4v) is 5.14. The van der Waals surface area contributed by atoms with Crippen molar-refractivity contribution in [2.75, 3.05) is 16.8 Å². The molecule has 0 radical (unpaired) electrons. The van der Waals surface area contributed by atoms with E-state index in [9.17, 15) is 19.2 Å². The number of nitrogens with one attached hydrogen (secondary N) is 1. The largest absolute Gasteiger partial charge is 0.452 e. The lowest BCUT2D eigenvalue weighted by Crippen LogP contribution is -2.32. The third-order valence-electron chi connectivity index (χ3n) is 6.81. The molecular formula is C26H24N2O5. The Morgan fingerprint density at radius 1 is 0.939 bits per heavy atom. The summed E-state index contributed by atoms with van der Waals surface area (Å²) in [6.45, 7) is 1.63. The maximum absolute atomic E-state index is 12.9. The van der Waals surface area contributed by atoms with Crippen LogP contribution in [-0.2, 0) is 25.5 Å². The van der Waals surface area contributed by atoms with E-state index >= 15 is 0 Å². The van der Waals surface area contributed by atoms with Crippen LogP contribution in [0.5, 0.6) is 0 Å². The van der Waals surface area contributed by atoms with Gasteiger partial charge in [-0.25, -0.2) is 4.79 Å². The number of nitrogens with zero attached hydrogens (tertiary/aromatic N) is 1. The summed E-state index contributed by atoms with van der Waals surface area (Å²) >= 11 is 0. The van der Waals surface area contributed by atoms with Gasteiger partial charge in [-0.2, -0.15) is 0 Å². The molecule has 2 bridgehead atoms. The first kappa shape index (κ1) is 21.1. The van der Waals surface area contributed by atoms with E-state index < -0.39 is 18.5 Å². The number of carbonyl (C=O) groups is 4. The van der Waals surface area contributed by atoms with Gasteiger partial charge in [-0.3, -0.25) is 19.3 Å². The second-order valence-electron chi connectivity index (χ2n) is 8.73. The Hall–Kier alpha value is -3.74. The number of carbonyl (C=O) groups excluding carboxylic acids is 4. The maximum atomic E-state index is 12.9. The van der Waals surface area contributed by atoms with Gasteiger partial charge in [0.2, 0.25) is 11.8 Å². The highest BCUT2D eigenvalue weighted by molar-refractivity contribution is 6.22. The summed E-state index contributed by atoms with van der Waals surface area (Å²) in [5, 5.41) is 2.68. The molecule has 2 aliphatic carbocycles. The number of amides is 3. The molecule has 3 amide bonds. The van der Waals surface area contributed by atoms with Crippen LogP contribution < -0.4 is 10.2 Å². The monoisotopic (exact) mass is 444 g/mol. The highest BCUT2D eigenvalue weighted by Crippen LogP contribution is 2.53. The van der Waals surface area contributed by atoms with E-state index in [0.717, 1.165) is 18.4 Å². The zero-order chi connectivity index (χ0) is 23.1. The van der Waals surface area contributed by atoms with Crippen LogP contribution in [0.3, 0.4) is 0 Å². The van der Waals surface area contributed by atoms with E-state index in [2.05, 4.69) is 17.5 Å². The van der Waals surface area contributed by atoms with Gasteiger partial charge in [-0.1, -0.05) is 31.2 Å². The number of fused-ring (bicyclic) bond motifs is 5. The number of ether oxygens (including phenoxy) is 1. The molecule has 1 heterocycles. The average Bonchev–Trinajstić information content (AvgIpc) is 3.52. The van der Waals surface area contributed by atoms with E-state index in [-0.39, 0.29) is 41.0 Å². The molecule has 0 aromatic heterocycles. The van der Waals surface area contributed by atoms with Crippen molar-refractivity contribution in [3.8, 4) is 0 Å². The topological polar surface area (TPSA) is 92.8 Å². The normalized spacial score (nSPS) is 24.8. The summed E-state index contributed by atoms with van der Waals surface area (Å²) in [5.74, 6) is -1.68. The number of esters is 1. The third-order valence-corrected chi connectivity index (χ3v) is 6.81. The molecule has 7 heteroatoms. The molecule has 1 aliphatic heterocycles. The summed E-state index contributed by atoms with van der Waals surface area (Å²) in [4.78, 5) is 51.5. The van der Waals surface area contributed by atoms with E-state index in [1.54, 1.807) is 24.3 Å². The van der Waals surface area contributed by atoms with Gasteiger partial charge in [-0.15, -0.1) is 0 Å². The third kappa shape index (κ3) is 3.73. The van der Waals surface area contributed by atoms with Gasteiger partial charge < -0.3 is 10.1 Å². The molecule has 0 unspecified atom stereocenters. The Labute approximate surface area is 191 Å². The first-order chi connectivity index (χ1) is 16.0. The standard InChI is InChI=1S/C26H24N2O5/c1-2-15-3-9-19(10-4-15)27-21(29)14-33-26(32)16-7-11-20(12-8-16)28-24(30)22-17-5-6-18(13-17)23(22)25(28)31/h3-12,17-18,22-23H,2,13-14H2,1H3,(H,27,29)/t17-,18-,22-,23-/m0/s1. The molecule has 1 saturated heterocycles. The molecule has 0 spiro atoms. The first-order valence-electron chi connectivity index (χ1n) is 11.2. The van der Waals surface area contributed by atoms with Crippen LogP contribution in [0.4, 0.5) is 11.4 Å². The van der Waals surface area contributed by atoms with E-state index in [1.165, 1.54) is 17.0 Å². The Morgan fingerprint density at radius 3 is 2.12 bits per heavy atom. The number of allylic oxidation sites excluding steroid dienone is 2. The van der Waals surface area contributed by atoms with Gasteiger partial charge in [0.1, 0.15) is 0 Å². The van der Waals surface area contributed by atoms with Gasteiger partial charge in [0.25, 0.3) is 5.91 Å². The highest BCUT2D eigenvalue weighted by Gasteiger charge is 2.59. The molecule has 168 valence electrons. The molecule has 2 aromatic rings. The lowest BCUT2D eigenvalue weighted by Gasteiger charge is -2.17. The minimum absolute atomic E-state index is 0.145. The molecule has 2 fully saturated rings. The summed E-state index contributed by atoms with van der Waals surface area (Å²) < 4.78 is 5.10. The maximum Gasteiger partial charge on any atom is 0.338 e. The summed E-state index contributed by atoms with van der Waals surface area (Å²) in [6.07, 6.45) is 5.89. The Kier molecular flexibility index (Phi) is 5.32. The van der Waals surface area contributed by atoms with Crippen LogP contribution in [0.25, 0.3) is 0 Å². The van der Waals surface area contributed by atoms with Gasteiger partial charge in [0.15, 0.2) is 6.61 Å². The number of hydrogen-bond acceptors (Lipinski definition) is 5. The van der Waals surface area contributed by atoms with Crippen molar-refractivity contribution in [3.05, 3.63) is 71.8 Å². The van der Waals surface area contributed by atoms with Crippen molar-refractivity contribution in [2.24, 2.45) is 23.7 Å². The van der Waals surface area contributed by atoms with Crippen LogP contribution in [0.15, 0.2) is 60.7 Å². The molecular weight excluding hydrogens is 420 g/mol. The summed E-state index contributed by atoms with van der Waals surface area (Å²) in [5.41, 5.74) is 2.47. The number of rotatable bonds is 6. The van der Waals surface area contributed by atoms with Crippen LogP contribution in [-0.4, -0.2) is 30.3 Å². The van der Waals surface area contributed by atoms with Crippen molar-refractivity contribution in [1.82, 2.24) is 0 Å². The minimum Gasteiger partial charge on any atom is -0.452 e. The molecule has 7 nitrogen and oxygen atoms in total. The fourth-order valence-electron chi connectivity index (χ4n) is 5.14. The van der Waals surface area contributed by atoms with Crippen LogP contribution in [0, 0.1) is 23.7 Å². The number of aryl methyl sites for hydroxylation is 1. The quantitative estimate of drug-likeness (QED) is 0.419. The first-order valence-corrected chi connectivity index (χ1v) is 11.2. The molecule has 33 heavy (non-hydrogen) atoms. The molecule has 1 saturated carbocycles. The lowest BCUT2D eigenvalue weighted by molar-refractivity contribution is -0.123. The average molecular weight is 444 g/mol. The number of benzene rings is 2. The fraction of sp³-hybridized carbons (Fsp3) is 0.308. The molecule has 1 N–H and O–H groups in total. The van der Waals surface area contributed by atoms with Crippen molar-refractivity contribution in [2.45, 2.75) is 19.8 Å². The summed E-state index contributed by atoms with van der Waals surface area (Å²) in [6, 6.07) is 13.6. The number of hydrogen-bond donors (Lipinski definition) is 1. The lowest BCUT2D eigenvalue weighted by atomic mass is 9.85. The predicted molar refractivity (Wildman–Crippen MR) is 121 cm³/mol. The molecule has 3 aliphatic rings. The Morgan fingerprint density at radius 2 is 1.55 bits per heavy atom. The van der Waals surface area contributed by atoms with Crippen LogP contribution in [0.2, 0.25) is 0 Å². The zero-order valence-electron chi connectivity index (χ0n) is 18.2. The van der Waals surface area contributed by atoms with Gasteiger partial charge in [-0.05, 0) is 66.6 Å². The van der Waals surface area contributed by atoms with Crippen LogP contribution >= 0.6 is 0 Å². The van der Waals surface area contributed by atoms with E-state index in [0.29, 0.717) is 11.4 Å². The smallest absolute Gasteiger partial charge is 0.338 e. The molecule has 2 aromatic carbocycles. The van der Waals surface area contributed by atoms with Crippen LogP contribution in [0.1, 0.15) is 29.3 Å². The van der Waals surface area contributed by atoms with E-state index in [4.69, 9.17) is 4.74 Å². The number of anilines is 2.